The SMILES string of the molecule is CC(C)(C)c1ccc(C(=O)NC(=S)Nc2ccc(N3CCN(Cc4ccccc4Cl)CC3)c(Cl)c2)cc1. The molecule has 0 aliphatic carbocycles. The number of halogens is 2. The van der Waals surface area contributed by atoms with Gasteiger partial charge in [-0.2, -0.15) is 0 Å². The molecule has 1 heterocycles. The zero-order chi connectivity index (χ0) is 26.6. The summed E-state index contributed by atoms with van der Waals surface area (Å²) in [6.07, 6.45) is 0. The predicted octanol–water partition coefficient (Wildman–Crippen LogP) is 6.74. The maximum absolute atomic E-state index is 12.6. The van der Waals surface area contributed by atoms with E-state index in [1.165, 1.54) is 5.56 Å². The van der Waals surface area contributed by atoms with Crippen LogP contribution in [0.2, 0.25) is 10.0 Å². The minimum Gasteiger partial charge on any atom is -0.368 e. The predicted molar refractivity (Wildman–Crippen MR) is 159 cm³/mol. The van der Waals surface area contributed by atoms with E-state index < -0.39 is 0 Å². The molecule has 0 atom stereocenters. The molecule has 0 radical (unpaired) electrons. The Morgan fingerprint density at radius 2 is 1.59 bits per heavy atom. The van der Waals surface area contributed by atoms with E-state index in [2.05, 4.69) is 47.3 Å². The summed E-state index contributed by atoms with van der Waals surface area (Å²) in [4.78, 5) is 17.3. The van der Waals surface area contributed by atoms with Gasteiger partial charge in [-0.05, 0) is 65.2 Å². The molecule has 4 rings (SSSR count). The number of hydrogen-bond donors (Lipinski definition) is 2. The van der Waals surface area contributed by atoms with E-state index >= 15 is 0 Å². The lowest BCUT2D eigenvalue weighted by molar-refractivity contribution is 0.0977. The van der Waals surface area contributed by atoms with E-state index in [1.807, 2.05) is 60.7 Å². The Morgan fingerprint density at radius 1 is 0.919 bits per heavy atom. The van der Waals surface area contributed by atoms with Crippen molar-refractivity contribution in [3.05, 3.63) is 93.5 Å². The standard InChI is InChI=1S/C29H32Cl2N4OS/c1-29(2,3)22-10-8-20(9-11-22)27(36)33-28(37)32-23-12-13-26(25(31)18-23)35-16-14-34(15-17-35)19-21-6-4-5-7-24(21)30/h4-13,18H,14-17,19H2,1-3H3,(H2,32,33,36,37). The molecule has 194 valence electrons. The zero-order valence-electron chi connectivity index (χ0n) is 21.4. The van der Waals surface area contributed by atoms with Crippen molar-refractivity contribution in [2.45, 2.75) is 32.7 Å². The van der Waals surface area contributed by atoms with E-state index in [-0.39, 0.29) is 16.4 Å². The van der Waals surface area contributed by atoms with Crippen LogP contribution in [0.1, 0.15) is 42.3 Å². The van der Waals surface area contributed by atoms with Gasteiger partial charge in [-0.15, -0.1) is 0 Å². The number of piperazine rings is 1. The van der Waals surface area contributed by atoms with Gasteiger partial charge in [-0.25, -0.2) is 0 Å². The summed E-state index contributed by atoms with van der Waals surface area (Å²) in [5.41, 5.74) is 4.61. The van der Waals surface area contributed by atoms with Crippen molar-refractivity contribution < 1.29 is 4.79 Å². The molecule has 8 heteroatoms. The number of carbonyl (C=O) groups is 1. The molecule has 1 saturated heterocycles. The highest BCUT2D eigenvalue weighted by Crippen LogP contribution is 2.30. The second-order valence-corrected chi connectivity index (χ2v) is 11.5. The van der Waals surface area contributed by atoms with E-state index in [0.717, 1.165) is 54.7 Å². The fourth-order valence-electron chi connectivity index (χ4n) is 4.31. The molecule has 3 aromatic carbocycles. The first kappa shape index (κ1) is 27.4. The monoisotopic (exact) mass is 554 g/mol. The molecule has 1 fully saturated rings. The van der Waals surface area contributed by atoms with Crippen LogP contribution in [-0.4, -0.2) is 42.1 Å². The second-order valence-electron chi connectivity index (χ2n) is 10.3. The fourth-order valence-corrected chi connectivity index (χ4v) is 5.02. The molecule has 0 unspecified atom stereocenters. The fraction of sp³-hybridized carbons (Fsp3) is 0.310. The first-order valence-corrected chi connectivity index (χ1v) is 13.5. The van der Waals surface area contributed by atoms with Gasteiger partial charge in [0.25, 0.3) is 5.91 Å². The number of anilines is 2. The second kappa shape index (κ2) is 11.8. The van der Waals surface area contributed by atoms with Crippen LogP contribution in [-0.2, 0) is 12.0 Å². The Kier molecular flexibility index (Phi) is 8.75. The number of nitrogens with one attached hydrogen (secondary N) is 2. The molecule has 0 spiro atoms. The van der Waals surface area contributed by atoms with E-state index in [4.69, 9.17) is 35.4 Å². The number of carbonyl (C=O) groups excluding carboxylic acids is 1. The summed E-state index contributed by atoms with van der Waals surface area (Å²) in [5, 5.41) is 7.48. The highest BCUT2D eigenvalue weighted by Gasteiger charge is 2.20. The Morgan fingerprint density at radius 3 is 2.22 bits per heavy atom. The molecule has 1 aliphatic rings. The lowest BCUT2D eigenvalue weighted by Gasteiger charge is -2.36. The number of benzene rings is 3. The van der Waals surface area contributed by atoms with Crippen LogP contribution in [0.5, 0.6) is 0 Å². The van der Waals surface area contributed by atoms with Gasteiger partial charge in [0, 0.05) is 49.0 Å². The van der Waals surface area contributed by atoms with Gasteiger partial charge >= 0.3 is 0 Å². The van der Waals surface area contributed by atoms with Crippen LogP contribution in [0.4, 0.5) is 11.4 Å². The quantitative estimate of drug-likeness (QED) is 0.342. The van der Waals surface area contributed by atoms with Crippen molar-refractivity contribution in [1.29, 1.82) is 0 Å². The topological polar surface area (TPSA) is 47.6 Å². The third kappa shape index (κ3) is 7.23. The maximum atomic E-state index is 12.6. The molecular formula is C29H32Cl2N4OS. The van der Waals surface area contributed by atoms with Crippen LogP contribution < -0.4 is 15.5 Å². The highest BCUT2D eigenvalue weighted by atomic mass is 35.5. The summed E-state index contributed by atoms with van der Waals surface area (Å²) in [5.74, 6) is -0.254. The summed E-state index contributed by atoms with van der Waals surface area (Å²) < 4.78 is 0. The van der Waals surface area contributed by atoms with Crippen LogP contribution in [0.25, 0.3) is 0 Å². The first-order chi connectivity index (χ1) is 17.6. The molecule has 0 bridgehead atoms. The molecule has 2 N–H and O–H groups in total. The number of amides is 1. The number of rotatable bonds is 5. The van der Waals surface area contributed by atoms with E-state index in [0.29, 0.717) is 10.6 Å². The van der Waals surface area contributed by atoms with Crippen LogP contribution in [0.3, 0.4) is 0 Å². The largest absolute Gasteiger partial charge is 0.368 e. The number of thiocarbonyl (C=S) groups is 1. The lowest BCUT2D eigenvalue weighted by atomic mass is 9.87. The van der Waals surface area contributed by atoms with Gasteiger partial charge in [-0.1, -0.05) is 74.3 Å². The van der Waals surface area contributed by atoms with Crippen molar-refractivity contribution in [3.8, 4) is 0 Å². The molecule has 0 aromatic heterocycles. The minimum absolute atomic E-state index is 0.0291. The van der Waals surface area contributed by atoms with Crippen molar-refractivity contribution >= 4 is 57.8 Å². The molecular weight excluding hydrogens is 523 g/mol. The lowest BCUT2D eigenvalue weighted by Crippen LogP contribution is -2.46. The summed E-state index contributed by atoms with van der Waals surface area (Å²) in [7, 11) is 0. The maximum Gasteiger partial charge on any atom is 0.257 e. The van der Waals surface area contributed by atoms with Crippen molar-refractivity contribution in [1.82, 2.24) is 10.2 Å². The Labute approximate surface area is 234 Å². The highest BCUT2D eigenvalue weighted by molar-refractivity contribution is 7.80. The van der Waals surface area contributed by atoms with E-state index in [1.54, 1.807) is 0 Å². The number of hydrogen-bond acceptors (Lipinski definition) is 4. The summed E-state index contributed by atoms with van der Waals surface area (Å²) >= 11 is 18.3. The van der Waals surface area contributed by atoms with Gasteiger partial charge in [0.1, 0.15) is 0 Å². The van der Waals surface area contributed by atoms with Crippen molar-refractivity contribution in [2.75, 3.05) is 36.4 Å². The van der Waals surface area contributed by atoms with E-state index in [9.17, 15) is 4.79 Å². The van der Waals surface area contributed by atoms with Gasteiger partial charge in [0.05, 0.1) is 10.7 Å². The molecule has 1 amide bonds. The molecule has 5 nitrogen and oxygen atoms in total. The molecule has 1 aliphatic heterocycles. The number of nitrogens with zero attached hydrogens (tertiary/aromatic N) is 2. The average molecular weight is 556 g/mol. The molecule has 0 saturated carbocycles. The third-order valence-electron chi connectivity index (χ3n) is 6.51. The van der Waals surface area contributed by atoms with Crippen molar-refractivity contribution in [2.24, 2.45) is 0 Å². The first-order valence-electron chi connectivity index (χ1n) is 12.3. The van der Waals surface area contributed by atoms with Crippen LogP contribution in [0.15, 0.2) is 66.7 Å². The Balaban J connectivity index is 1.30. The molecule has 3 aromatic rings. The van der Waals surface area contributed by atoms with Gasteiger partial charge < -0.3 is 10.2 Å². The summed E-state index contributed by atoms with van der Waals surface area (Å²) in [6.45, 7) is 10.9. The Bertz CT molecular complexity index is 1270. The third-order valence-corrected chi connectivity index (χ3v) is 7.39. The van der Waals surface area contributed by atoms with Crippen LogP contribution >= 0.6 is 35.4 Å². The van der Waals surface area contributed by atoms with Gasteiger partial charge in [0.2, 0.25) is 0 Å². The minimum atomic E-state index is -0.254. The Hall–Kier alpha value is -2.64. The normalized spacial score (nSPS) is 14.4. The van der Waals surface area contributed by atoms with Gasteiger partial charge in [0.15, 0.2) is 5.11 Å². The summed E-state index contributed by atoms with van der Waals surface area (Å²) in [6, 6.07) is 21.3. The average Bonchev–Trinajstić information content (AvgIpc) is 2.86. The van der Waals surface area contributed by atoms with Crippen molar-refractivity contribution in [3.63, 3.8) is 0 Å². The van der Waals surface area contributed by atoms with Crippen LogP contribution in [0, 0.1) is 0 Å². The zero-order valence-corrected chi connectivity index (χ0v) is 23.7. The van der Waals surface area contributed by atoms with Gasteiger partial charge in [-0.3, -0.25) is 15.0 Å². The smallest absolute Gasteiger partial charge is 0.257 e. The molecule has 37 heavy (non-hydrogen) atoms.